The standard InChI is InChI=1S/C9H11N5/c1-7-5-8(10-2)13-9(12-7)14-4-3-11-6-14/h3-6H,1-2H3,(H,10,12,13). The maximum absolute atomic E-state index is 4.30. The number of imidazole rings is 1. The van der Waals surface area contributed by atoms with E-state index >= 15 is 0 Å². The Morgan fingerprint density at radius 1 is 1.36 bits per heavy atom. The Morgan fingerprint density at radius 3 is 2.86 bits per heavy atom. The Hall–Kier alpha value is -1.91. The van der Waals surface area contributed by atoms with Crippen molar-refractivity contribution in [2.24, 2.45) is 0 Å². The summed E-state index contributed by atoms with van der Waals surface area (Å²) in [5, 5.41) is 2.99. The van der Waals surface area contributed by atoms with Crippen LogP contribution in [-0.4, -0.2) is 26.6 Å². The number of nitrogens with one attached hydrogen (secondary N) is 1. The van der Waals surface area contributed by atoms with Gasteiger partial charge in [0.15, 0.2) is 0 Å². The van der Waals surface area contributed by atoms with Crippen LogP contribution in [0.1, 0.15) is 5.69 Å². The van der Waals surface area contributed by atoms with Crippen LogP contribution >= 0.6 is 0 Å². The van der Waals surface area contributed by atoms with Crippen LogP contribution in [0.3, 0.4) is 0 Å². The molecule has 2 heterocycles. The molecule has 2 rings (SSSR count). The van der Waals surface area contributed by atoms with Crippen molar-refractivity contribution in [3.8, 4) is 5.95 Å². The highest BCUT2D eigenvalue weighted by Crippen LogP contribution is 2.08. The van der Waals surface area contributed by atoms with Crippen LogP contribution in [0.15, 0.2) is 24.8 Å². The lowest BCUT2D eigenvalue weighted by atomic mass is 10.4. The molecule has 0 aliphatic heterocycles. The summed E-state index contributed by atoms with van der Waals surface area (Å²) in [4.78, 5) is 12.5. The molecule has 0 atom stereocenters. The molecular formula is C9H11N5. The largest absolute Gasteiger partial charge is 0.373 e. The van der Waals surface area contributed by atoms with Crippen LogP contribution in [0.2, 0.25) is 0 Å². The second kappa shape index (κ2) is 3.45. The first-order chi connectivity index (χ1) is 6.79. The average Bonchev–Trinajstić information content (AvgIpc) is 2.69. The maximum Gasteiger partial charge on any atom is 0.237 e. The van der Waals surface area contributed by atoms with E-state index in [2.05, 4.69) is 20.3 Å². The fourth-order valence-electron chi connectivity index (χ4n) is 1.17. The molecule has 72 valence electrons. The zero-order valence-corrected chi connectivity index (χ0v) is 8.10. The van der Waals surface area contributed by atoms with Gasteiger partial charge in [-0.25, -0.2) is 9.97 Å². The predicted octanol–water partition coefficient (Wildman–Crippen LogP) is 1.01. The molecule has 2 aromatic heterocycles. The van der Waals surface area contributed by atoms with E-state index in [-0.39, 0.29) is 0 Å². The quantitative estimate of drug-likeness (QED) is 0.766. The van der Waals surface area contributed by atoms with Crippen LogP contribution in [0.4, 0.5) is 5.82 Å². The summed E-state index contributed by atoms with van der Waals surface area (Å²) in [6.45, 7) is 1.93. The molecule has 0 fully saturated rings. The molecule has 0 amide bonds. The van der Waals surface area contributed by atoms with Gasteiger partial charge in [-0.2, -0.15) is 4.98 Å². The van der Waals surface area contributed by atoms with Crippen LogP contribution in [0.5, 0.6) is 0 Å². The molecule has 0 aliphatic rings. The number of hydrogen-bond donors (Lipinski definition) is 1. The van der Waals surface area contributed by atoms with E-state index in [0.717, 1.165) is 11.5 Å². The molecule has 1 N–H and O–H groups in total. The molecule has 14 heavy (non-hydrogen) atoms. The Labute approximate surface area is 81.8 Å². The number of nitrogens with zero attached hydrogens (tertiary/aromatic N) is 4. The minimum Gasteiger partial charge on any atom is -0.373 e. The summed E-state index contributed by atoms with van der Waals surface area (Å²) in [7, 11) is 1.83. The molecule has 0 spiro atoms. The average molecular weight is 189 g/mol. The van der Waals surface area contributed by atoms with E-state index in [1.807, 2.05) is 26.2 Å². The van der Waals surface area contributed by atoms with E-state index in [1.165, 1.54) is 0 Å². The SMILES string of the molecule is CNc1cc(C)nc(-n2ccnc2)n1. The molecule has 0 bridgehead atoms. The van der Waals surface area contributed by atoms with Gasteiger partial charge in [0.25, 0.3) is 0 Å². The minimum absolute atomic E-state index is 0.631. The van der Waals surface area contributed by atoms with Crippen molar-refractivity contribution in [3.05, 3.63) is 30.5 Å². The molecule has 5 heteroatoms. The van der Waals surface area contributed by atoms with Gasteiger partial charge in [0, 0.05) is 31.2 Å². The van der Waals surface area contributed by atoms with Gasteiger partial charge in [0.1, 0.15) is 12.1 Å². The Morgan fingerprint density at radius 2 is 2.21 bits per heavy atom. The van der Waals surface area contributed by atoms with Crippen molar-refractivity contribution in [3.63, 3.8) is 0 Å². The maximum atomic E-state index is 4.30. The van der Waals surface area contributed by atoms with Crippen LogP contribution in [0.25, 0.3) is 5.95 Å². The lowest BCUT2D eigenvalue weighted by Crippen LogP contribution is -2.03. The highest BCUT2D eigenvalue weighted by molar-refractivity contribution is 5.37. The van der Waals surface area contributed by atoms with Crippen molar-refractivity contribution in [1.29, 1.82) is 0 Å². The number of aromatic nitrogens is 4. The fourth-order valence-corrected chi connectivity index (χ4v) is 1.17. The molecule has 0 saturated heterocycles. The third kappa shape index (κ3) is 1.56. The molecule has 0 radical (unpaired) electrons. The highest BCUT2D eigenvalue weighted by Gasteiger charge is 2.01. The zero-order valence-electron chi connectivity index (χ0n) is 8.10. The van der Waals surface area contributed by atoms with Crippen LogP contribution < -0.4 is 5.32 Å². The van der Waals surface area contributed by atoms with Gasteiger partial charge in [0.2, 0.25) is 5.95 Å². The monoisotopic (exact) mass is 189 g/mol. The normalized spacial score (nSPS) is 10.1. The van der Waals surface area contributed by atoms with E-state index < -0.39 is 0 Å². The van der Waals surface area contributed by atoms with Gasteiger partial charge in [-0.05, 0) is 6.92 Å². The van der Waals surface area contributed by atoms with Gasteiger partial charge in [-0.1, -0.05) is 0 Å². The second-order valence-corrected chi connectivity index (χ2v) is 2.91. The Balaban J connectivity index is 2.48. The van der Waals surface area contributed by atoms with Crippen molar-refractivity contribution in [2.75, 3.05) is 12.4 Å². The summed E-state index contributed by atoms with van der Waals surface area (Å²) in [5.74, 6) is 1.44. The molecule has 0 aromatic carbocycles. The van der Waals surface area contributed by atoms with Gasteiger partial charge in [-0.15, -0.1) is 0 Å². The summed E-state index contributed by atoms with van der Waals surface area (Å²) < 4.78 is 1.77. The molecule has 5 nitrogen and oxygen atoms in total. The van der Waals surface area contributed by atoms with Crippen molar-refractivity contribution >= 4 is 5.82 Å². The van der Waals surface area contributed by atoms with Gasteiger partial charge < -0.3 is 5.32 Å². The molecule has 0 aliphatic carbocycles. The molecule has 0 unspecified atom stereocenters. The summed E-state index contributed by atoms with van der Waals surface area (Å²) in [5.41, 5.74) is 0.924. The zero-order chi connectivity index (χ0) is 9.97. The smallest absolute Gasteiger partial charge is 0.237 e. The van der Waals surface area contributed by atoms with Crippen molar-refractivity contribution in [2.45, 2.75) is 6.92 Å². The predicted molar refractivity (Wildman–Crippen MR) is 53.4 cm³/mol. The third-order valence-corrected chi connectivity index (χ3v) is 1.83. The first kappa shape index (κ1) is 8.68. The topological polar surface area (TPSA) is 55.6 Å². The lowest BCUT2D eigenvalue weighted by Gasteiger charge is -2.04. The number of aryl methyl sites for hydroxylation is 1. The molecule has 2 aromatic rings. The van der Waals surface area contributed by atoms with Gasteiger partial charge in [0.05, 0.1) is 0 Å². The highest BCUT2D eigenvalue weighted by atomic mass is 15.2. The summed E-state index contributed by atoms with van der Waals surface area (Å²) in [6.07, 6.45) is 5.19. The first-order valence-electron chi connectivity index (χ1n) is 4.31. The first-order valence-corrected chi connectivity index (χ1v) is 4.31. The van der Waals surface area contributed by atoms with Crippen LogP contribution in [-0.2, 0) is 0 Å². The number of rotatable bonds is 2. The summed E-state index contributed by atoms with van der Waals surface area (Å²) in [6, 6.07) is 1.89. The minimum atomic E-state index is 0.631. The fraction of sp³-hybridized carbons (Fsp3) is 0.222. The van der Waals surface area contributed by atoms with Crippen LogP contribution in [0, 0.1) is 6.92 Å². The third-order valence-electron chi connectivity index (χ3n) is 1.83. The van der Waals surface area contributed by atoms with E-state index in [9.17, 15) is 0 Å². The number of anilines is 1. The van der Waals surface area contributed by atoms with E-state index in [0.29, 0.717) is 5.95 Å². The number of hydrogen-bond acceptors (Lipinski definition) is 4. The Kier molecular flexibility index (Phi) is 2.14. The van der Waals surface area contributed by atoms with E-state index in [1.54, 1.807) is 17.1 Å². The Bertz CT molecular complexity index is 421. The second-order valence-electron chi connectivity index (χ2n) is 2.91. The summed E-state index contributed by atoms with van der Waals surface area (Å²) >= 11 is 0. The van der Waals surface area contributed by atoms with Gasteiger partial charge in [-0.3, -0.25) is 4.57 Å². The van der Waals surface area contributed by atoms with E-state index in [4.69, 9.17) is 0 Å². The molecule has 0 saturated carbocycles. The van der Waals surface area contributed by atoms with Crippen molar-refractivity contribution < 1.29 is 0 Å². The molecular weight excluding hydrogens is 178 g/mol. The lowest BCUT2D eigenvalue weighted by molar-refractivity contribution is 0.911. The van der Waals surface area contributed by atoms with Crippen molar-refractivity contribution in [1.82, 2.24) is 19.5 Å². The van der Waals surface area contributed by atoms with Gasteiger partial charge >= 0.3 is 0 Å².